The molecular formula is C14H21BrN2O. The molecule has 1 saturated carbocycles. The van der Waals surface area contributed by atoms with Gasteiger partial charge in [0.15, 0.2) is 0 Å². The minimum Gasteiger partial charge on any atom is -0.496 e. The number of hydrazine groups is 1. The molecule has 1 aromatic rings. The van der Waals surface area contributed by atoms with Crippen LogP contribution < -0.4 is 16.0 Å². The maximum Gasteiger partial charge on any atom is 0.133 e. The molecule has 1 atom stereocenters. The Morgan fingerprint density at radius 3 is 2.78 bits per heavy atom. The van der Waals surface area contributed by atoms with Gasteiger partial charge in [0.05, 0.1) is 11.6 Å². The number of nitrogens with one attached hydrogen (secondary N) is 1. The average Bonchev–Trinajstić information content (AvgIpc) is 2.32. The van der Waals surface area contributed by atoms with Gasteiger partial charge in [-0.05, 0) is 52.4 Å². The van der Waals surface area contributed by atoms with E-state index in [1.165, 1.54) is 31.2 Å². The Morgan fingerprint density at radius 1 is 1.50 bits per heavy atom. The number of methoxy groups -OCH3 is 1. The molecule has 0 radical (unpaired) electrons. The first-order valence-electron chi connectivity index (χ1n) is 6.51. The van der Waals surface area contributed by atoms with Crippen molar-refractivity contribution < 1.29 is 4.74 Å². The maximum absolute atomic E-state index is 5.66. The molecule has 0 aliphatic heterocycles. The number of hydrogen-bond donors (Lipinski definition) is 2. The highest BCUT2D eigenvalue weighted by atomic mass is 79.9. The highest BCUT2D eigenvalue weighted by molar-refractivity contribution is 9.10. The van der Waals surface area contributed by atoms with Crippen molar-refractivity contribution in [1.29, 1.82) is 0 Å². The Hall–Kier alpha value is -0.580. The van der Waals surface area contributed by atoms with E-state index in [9.17, 15) is 0 Å². The Labute approximate surface area is 117 Å². The van der Waals surface area contributed by atoms with Gasteiger partial charge in [0.25, 0.3) is 0 Å². The van der Waals surface area contributed by atoms with Gasteiger partial charge in [-0.3, -0.25) is 11.3 Å². The summed E-state index contributed by atoms with van der Waals surface area (Å²) in [6.07, 6.45) is 6.26. The van der Waals surface area contributed by atoms with Crippen LogP contribution in [-0.4, -0.2) is 13.2 Å². The van der Waals surface area contributed by atoms with Crippen LogP contribution in [0, 0.1) is 5.92 Å². The summed E-state index contributed by atoms with van der Waals surface area (Å²) in [4.78, 5) is 0. The standard InChI is InChI=1S/C14H21BrN2O/c1-18-14-6-5-11(9-13(14)15)8-12(17-16)7-10-3-2-4-10/h5-6,9-10,12,17H,2-4,7-8,16H2,1H3. The van der Waals surface area contributed by atoms with Crippen molar-refractivity contribution in [2.24, 2.45) is 11.8 Å². The topological polar surface area (TPSA) is 47.3 Å². The predicted octanol–water partition coefficient (Wildman–Crippen LogP) is 3.02. The van der Waals surface area contributed by atoms with Crippen molar-refractivity contribution in [3.63, 3.8) is 0 Å². The van der Waals surface area contributed by atoms with Crippen molar-refractivity contribution >= 4 is 15.9 Å². The van der Waals surface area contributed by atoms with Crippen molar-refractivity contribution in [1.82, 2.24) is 5.43 Å². The van der Waals surface area contributed by atoms with E-state index >= 15 is 0 Å². The fraction of sp³-hybridized carbons (Fsp3) is 0.571. The minimum atomic E-state index is 0.371. The molecule has 18 heavy (non-hydrogen) atoms. The van der Waals surface area contributed by atoms with Crippen LogP contribution in [0.2, 0.25) is 0 Å². The molecule has 0 saturated heterocycles. The van der Waals surface area contributed by atoms with Gasteiger partial charge in [0, 0.05) is 6.04 Å². The number of nitrogens with two attached hydrogens (primary N) is 1. The van der Waals surface area contributed by atoms with E-state index in [1.807, 2.05) is 6.07 Å². The molecule has 0 amide bonds. The summed E-state index contributed by atoms with van der Waals surface area (Å²) in [5, 5.41) is 0. The fourth-order valence-electron chi connectivity index (χ4n) is 2.46. The van der Waals surface area contributed by atoms with E-state index in [1.54, 1.807) is 7.11 Å². The summed E-state index contributed by atoms with van der Waals surface area (Å²) in [5.41, 5.74) is 4.23. The first-order chi connectivity index (χ1) is 8.72. The van der Waals surface area contributed by atoms with E-state index in [4.69, 9.17) is 10.6 Å². The smallest absolute Gasteiger partial charge is 0.133 e. The molecule has 0 bridgehead atoms. The third-order valence-electron chi connectivity index (χ3n) is 3.78. The Kier molecular flexibility index (Phi) is 5.03. The number of benzene rings is 1. The number of halogens is 1. The summed E-state index contributed by atoms with van der Waals surface area (Å²) in [5.74, 6) is 7.39. The van der Waals surface area contributed by atoms with Gasteiger partial charge in [-0.25, -0.2) is 0 Å². The molecule has 4 heteroatoms. The normalized spacial score (nSPS) is 17.3. The third-order valence-corrected chi connectivity index (χ3v) is 4.40. The fourth-order valence-corrected chi connectivity index (χ4v) is 3.05. The Bertz CT molecular complexity index is 393. The summed E-state index contributed by atoms with van der Waals surface area (Å²) in [6.45, 7) is 0. The molecule has 1 aromatic carbocycles. The molecule has 100 valence electrons. The maximum atomic E-state index is 5.66. The van der Waals surface area contributed by atoms with Crippen LogP contribution in [0.25, 0.3) is 0 Å². The molecule has 1 aliphatic rings. The molecule has 0 heterocycles. The van der Waals surface area contributed by atoms with Crippen LogP contribution in [-0.2, 0) is 6.42 Å². The summed E-state index contributed by atoms with van der Waals surface area (Å²) in [7, 11) is 1.68. The van der Waals surface area contributed by atoms with Gasteiger partial charge >= 0.3 is 0 Å². The van der Waals surface area contributed by atoms with Crippen LogP contribution in [0.4, 0.5) is 0 Å². The molecule has 2 rings (SSSR count). The quantitative estimate of drug-likeness (QED) is 0.627. The monoisotopic (exact) mass is 312 g/mol. The lowest BCUT2D eigenvalue weighted by Gasteiger charge is -2.29. The number of rotatable bonds is 6. The second kappa shape index (κ2) is 6.55. The van der Waals surface area contributed by atoms with E-state index in [2.05, 4.69) is 33.5 Å². The predicted molar refractivity (Wildman–Crippen MR) is 77.5 cm³/mol. The molecule has 0 spiro atoms. The van der Waals surface area contributed by atoms with Gasteiger partial charge in [0.1, 0.15) is 5.75 Å². The molecule has 3 nitrogen and oxygen atoms in total. The first-order valence-corrected chi connectivity index (χ1v) is 7.30. The highest BCUT2D eigenvalue weighted by Gasteiger charge is 2.21. The third kappa shape index (κ3) is 3.46. The van der Waals surface area contributed by atoms with Gasteiger partial charge in [-0.15, -0.1) is 0 Å². The Morgan fingerprint density at radius 2 is 2.28 bits per heavy atom. The SMILES string of the molecule is COc1ccc(CC(CC2CCC2)NN)cc1Br. The lowest BCUT2D eigenvalue weighted by atomic mass is 9.80. The zero-order chi connectivity index (χ0) is 13.0. The van der Waals surface area contributed by atoms with Crippen molar-refractivity contribution in [2.75, 3.05) is 7.11 Å². The minimum absolute atomic E-state index is 0.371. The van der Waals surface area contributed by atoms with Gasteiger partial charge in [-0.1, -0.05) is 25.3 Å². The molecule has 1 fully saturated rings. The summed E-state index contributed by atoms with van der Waals surface area (Å²) < 4.78 is 6.24. The first kappa shape index (κ1) is 13.8. The molecular weight excluding hydrogens is 292 g/mol. The van der Waals surface area contributed by atoms with Gasteiger partial charge < -0.3 is 4.74 Å². The highest BCUT2D eigenvalue weighted by Crippen LogP contribution is 2.31. The number of hydrogen-bond acceptors (Lipinski definition) is 3. The molecule has 1 unspecified atom stereocenters. The number of ether oxygens (including phenoxy) is 1. The van der Waals surface area contributed by atoms with Crippen LogP contribution >= 0.6 is 15.9 Å². The van der Waals surface area contributed by atoms with Crippen LogP contribution in [0.1, 0.15) is 31.2 Å². The summed E-state index contributed by atoms with van der Waals surface area (Å²) >= 11 is 3.52. The summed E-state index contributed by atoms with van der Waals surface area (Å²) in [6, 6.07) is 6.59. The molecule has 3 N–H and O–H groups in total. The van der Waals surface area contributed by atoms with Crippen LogP contribution in [0.3, 0.4) is 0 Å². The molecule has 0 aromatic heterocycles. The lowest BCUT2D eigenvalue weighted by molar-refractivity contribution is 0.259. The Balaban J connectivity index is 1.95. The van der Waals surface area contributed by atoms with E-state index in [0.717, 1.165) is 22.6 Å². The zero-order valence-corrected chi connectivity index (χ0v) is 12.4. The van der Waals surface area contributed by atoms with E-state index < -0.39 is 0 Å². The van der Waals surface area contributed by atoms with Gasteiger partial charge in [0.2, 0.25) is 0 Å². The van der Waals surface area contributed by atoms with Crippen LogP contribution in [0.5, 0.6) is 5.75 Å². The molecule has 1 aliphatic carbocycles. The average molecular weight is 313 g/mol. The van der Waals surface area contributed by atoms with Gasteiger partial charge in [-0.2, -0.15) is 0 Å². The van der Waals surface area contributed by atoms with E-state index in [0.29, 0.717) is 6.04 Å². The second-order valence-electron chi connectivity index (χ2n) is 5.07. The van der Waals surface area contributed by atoms with E-state index in [-0.39, 0.29) is 0 Å². The lowest BCUT2D eigenvalue weighted by Crippen LogP contribution is -2.39. The van der Waals surface area contributed by atoms with Crippen LogP contribution in [0.15, 0.2) is 22.7 Å². The zero-order valence-electron chi connectivity index (χ0n) is 10.8. The second-order valence-corrected chi connectivity index (χ2v) is 5.92. The largest absolute Gasteiger partial charge is 0.496 e. The van der Waals surface area contributed by atoms with Crippen molar-refractivity contribution in [3.05, 3.63) is 28.2 Å². The van der Waals surface area contributed by atoms with Crippen molar-refractivity contribution in [2.45, 2.75) is 38.1 Å². The van der Waals surface area contributed by atoms with Crippen molar-refractivity contribution in [3.8, 4) is 5.75 Å².